The number of aliphatic hydroxyl groups is 3. The number of unbranched alkanes of at least 4 members (excludes halogenated alkanes) is 22. The van der Waals surface area contributed by atoms with Gasteiger partial charge in [0.15, 0.2) is 0 Å². The van der Waals surface area contributed by atoms with E-state index in [9.17, 15) is 20.1 Å². The molecule has 0 aliphatic carbocycles. The smallest absolute Gasteiger partial charge is 0.249 e. The summed E-state index contributed by atoms with van der Waals surface area (Å²) < 4.78 is 0. The van der Waals surface area contributed by atoms with E-state index >= 15 is 0 Å². The van der Waals surface area contributed by atoms with Gasteiger partial charge in [0.1, 0.15) is 6.10 Å². The molecule has 0 radical (unpaired) electrons. The van der Waals surface area contributed by atoms with Crippen LogP contribution in [0, 0.1) is 0 Å². The molecule has 248 valence electrons. The Morgan fingerprint density at radius 2 is 0.976 bits per heavy atom. The molecule has 0 saturated heterocycles. The van der Waals surface area contributed by atoms with Crippen LogP contribution in [0.1, 0.15) is 181 Å². The van der Waals surface area contributed by atoms with Crippen molar-refractivity contribution in [1.29, 1.82) is 0 Å². The van der Waals surface area contributed by atoms with Gasteiger partial charge in [0, 0.05) is 0 Å². The van der Waals surface area contributed by atoms with Crippen molar-refractivity contribution in [3.8, 4) is 0 Å². The number of carbonyl (C=O) groups excluding carboxylic acids is 1. The van der Waals surface area contributed by atoms with E-state index in [1.807, 2.05) is 6.08 Å². The van der Waals surface area contributed by atoms with Crippen LogP contribution in [0.3, 0.4) is 0 Å². The topological polar surface area (TPSA) is 89.8 Å². The molecule has 5 nitrogen and oxygen atoms in total. The number of allylic oxidation sites excluding steroid dienone is 3. The first-order valence-electron chi connectivity index (χ1n) is 18.2. The standard InChI is InChI=1S/C37H71NO4/c1-3-5-7-9-11-13-15-16-17-18-19-20-22-23-25-27-29-31-35(40)34(33-39)38-37(42)36(41)32-30-28-26-24-21-14-12-10-8-6-4-2/h22-23,29,31,34-36,39-41H,3-21,24-28,30,32-33H2,1-2H3,(H,38,42)/b23-22+,31-29+. The lowest BCUT2D eigenvalue weighted by atomic mass is 10.0. The first kappa shape index (κ1) is 40.8. The summed E-state index contributed by atoms with van der Waals surface area (Å²) in [6.07, 6.45) is 37.6. The zero-order valence-corrected chi connectivity index (χ0v) is 27.9. The van der Waals surface area contributed by atoms with Gasteiger partial charge in [0.2, 0.25) is 5.91 Å². The number of carbonyl (C=O) groups is 1. The van der Waals surface area contributed by atoms with Gasteiger partial charge in [0.25, 0.3) is 0 Å². The van der Waals surface area contributed by atoms with Crippen LogP contribution in [0.4, 0.5) is 0 Å². The zero-order chi connectivity index (χ0) is 30.9. The van der Waals surface area contributed by atoms with Crippen LogP contribution in [-0.2, 0) is 4.79 Å². The van der Waals surface area contributed by atoms with Gasteiger partial charge in [-0.05, 0) is 32.1 Å². The van der Waals surface area contributed by atoms with Crippen molar-refractivity contribution >= 4 is 5.91 Å². The van der Waals surface area contributed by atoms with Gasteiger partial charge < -0.3 is 20.6 Å². The summed E-state index contributed by atoms with van der Waals surface area (Å²) in [7, 11) is 0. The summed E-state index contributed by atoms with van der Waals surface area (Å²) in [5, 5.41) is 32.9. The molecule has 3 unspecified atom stereocenters. The van der Waals surface area contributed by atoms with E-state index in [4.69, 9.17) is 0 Å². The molecule has 5 heteroatoms. The third-order valence-electron chi connectivity index (χ3n) is 8.29. The molecule has 0 aromatic rings. The lowest BCUT2D eigenvalue weighted by Crippen LogP contribution is -2.48. The number of amides is 1. The lowest BCUT2D eigenvalue weighted by molar-refractivity contribution is -0.131. The normalized spacial score (nSPS) is 14.1. The monoisotopic (exact) mass is 594 g/mol. The Hall–Kier alpha value is -1.17. The minimum absolute atomic E-state index is 0.374. The van der Waals surface area contributed by atoms with E-state index in [1.54, 1.807) is 6.08 Å². The number of hydrogen-bond acceptors (Lipinski definition) is 4. The summed E-state index contributed by atoms with van der Waals surface area (Å²) in [4.78, 5) is 12.3. The molecule has 3 atom stereocenters. The maximum absolute atomic E-state index is 12.3. The van der Waals surface area contributed by atoms with Crippen molar-refractivity contribution in [2.24, 2.45) is 0 Å². The minimum Gasteiger partial charge on any atom is -0.394 e. The highest BCUT2D eigenvalue weighted by Gasteiger charge is 2.22. The number of hydrogen-bond donors (Lipinski definition) is 4. The van der Waals surface area contributed by atoms with Crippen molar-refractivity contribution < 1.29 is 20.1 Å². The number of rotatable bonds is 32. The molecule has 0 aliphatic rings. The van der Waals surface area contributed by atoms with Crippen molar-refractivity contribution in [3.05, 3.63) is 24.3 Å². The molecule has 0 aliphatic heterocycles. The Balaban J connectivity index is 3.79. The fourth-order valence-electron chi connectivity index (χ4n) is 5.38. The van der Waals surface area contributed by atoms with Gasteiger partial charge >= 0.3 is 0 Å². The van der Waals surface area contributed by atoms with Crippen molar-refractivity contribution in [1.82, 2.24) is 5.32 Å². The predicted octanol–water partition coefficient (Wildman–Crippen LogP) is 9.48. The Labute approximate surface area is 261 Å². The minimum atomic E-state index is -1.10. The van der Waals surface area contributed by atoms with Crippen LogP contribution >= 0.6 is 0 Å². The predicted molar refractivity (Wildman–Crippen MR) is 181 cm³/mol. The number of aliphatic hydroxyl groups excluding tert-OH is 3. The van der Waals surface area contributed by atoms with Crippen LogP contribution in [-0.4, -0.2) is 46.1 Å². The van der Waals surface area contributed by atoms with E-state index in [1.165, 1.54) is 122 Å². The molecule has 0 aromatic heterocycles. The highest BCUT2D eigenvalue weighted by molar-refractivity contribution is 5.80. The summed E-state index contributed by atoms with van der Waals surface area (Å²) >= 11 is 0. The van der Waals surface area contributed by atoms with Crippen molar-refractivity contribution in [3.63, 3.8) is 0 Å². The largest absolute Gasteiger partial charge is 0.394 e. The Kier molecular flexibility index (Phi) is 31.8. The summed E-state index contributed by atoms with van der Waals surface area (Å²) in [6, 6.07) is -0.808. The van der Waals surface area contributed by atoms with E-state index in [2.05, 4.69) is 31.3 Å². The van der Waals surface area contributed by atoms with Crippen LogP contribution < -0.4 is 5.32 Å². The fourth-order valence-corrected chi connectivity index (χ4v) is 5.38. The second-order valence-corrected chi connectivity index (χ2v) is 12.4. The third-order valence-corrected chi connectivity index (χ3v) is 8.29. The molecular formula is C37H71NO4. The molecule has 42 heavy (non-hydrogen) atoms. The van der Waals surface area contributed by atoms with Gasteiger partial charge in [-0.15, -0.1) is 0 Å². The van der Waals surface area contributed by atoms with Crippen LogP contribution in [0.2, 0.25) is 0 Å². The summed E-state index contributed by atoms with van der Waals surface area (Å²) in [6.45, 7) is 4.14. The van der Waals surface area contributed by atoms with Gasteiger partial charge in [-0.1, -0.05) is 173 Å². The molecule has 1 amide bonds. The Morgan fingerprint density at radius 1 is 0.571 bits per heavy atom. The Morgan fingerprint density at radius 3 is 1.45 bits per heavy atom. The second-order valence-electron chi connectivity index (χ2n) is 12.4. The van der Waals surface area contributed by atoms with Crippen LogP contribution in [0.5, 0.6) is 0 Å². The van der Waals surface area contributed by atoms with Gasteiger partial charge in [-0.3, -0.25) is 4.79 Å². The zero-order valence-electron chi connectivity index (χ0n) is 27.9. The molecule has 0 bridgehead atoms. The van der Waals surface area contributed by atoms with E-state index < -0.39 is 24.2 Å². The molecule has 0 spiro atoms. The fraction of sp³-hybridized carbons (Fsp3) is 0.865. The van der Waals surface area contributed by atoms with Crippen molar-refractivity contribution in [2.45, 2.75) is 199 Å². The molecule has 0 saturated carbocycles. The second kappa shape index (κ2) is 32.7. The number of nitrogens with one attached hydrogen (secondary N) is 1. The van der Waals surface area contributed by atoms with Crippen LogP contribution in [0.15, 0.2) is 24.3 Å². The summed E-state index contributed by atoms with van der Waals surface area (Å²) in [5.74, 6) is -0.515. The first-order chi connectivity index (χ1) is 20.6. The van der Waals surface area contributed by atoms with Crippen LogP contribution in [0.25, 0.3) is 0 Å². The third kappa shape index (κ3) is 27.7. The van der Waals surface area contributed by atoms with Crippen molar-refractivity contribution in [2.75, 3.05) is 6.61 Å². The van der Waals surface area contributed by atoms with E-state index in [0.717, 1.165) is 38.5 Å². The summed E-state index contributed by atoms with van der Waals surface area (Å²) in [5.41, 5.74) is 0. The molecule has 0 fully saturated rings. The molecule has 0 aromatic carbocycles. The molecule has 4 N–H and O–H groups in total. The highest BCUT2D eigenvalue weighted by Crippen LogP contribution is 2.14. The average molecular weight is 594 g/mol. The highest BCUT2D eigenvalue weighted by atomic mass is 16.3. The maximum atomic E-state index is 12.3. The molecule has 0 heterocycles. The van der Waals surface area contributed by atoms with Gasteiger partial charge in [-0.25, -0.2) is 0 Å². The van der Waals surface area contributed by atoms with E-state index in [-0.39, 0.29) is 6.61 Å². The first-order valence-corrected chi connectivity index (χ1v) is 18.2. The average Bonchev–Trinajstić information content (AvgIpc) is 2.99. The van der Waals surface area contributed by atoms with Gasteiger partial charge in [-0.2, -0.15) is 0 Å². The quantitative estimate of drug-likeness (QED) is 0.0462. The van der Waals surface area contributed by atoms with E-state index in [0.29, 0.717) is 6.42 Å². The maximum Gasteiger partial charge on any atom is 0.249 e. The Bertz CT molecular complexity index is 621. The lowest BCUT2D eigenvalue weighted by Gasteiger charge is -2.21. The molecule has 0 rings (SSSR count). The van der Waals surface area contributed by atoms with Gasteiger partial charge in [0.05, 0.1) is 18.8 Å². The SMILES string of the molecule is CCCCCCCCCCCCC/C=C/CC/C=C/C(O)C(CO)NC(=O)C(O)CCCCCCCCCCCCC. The molecular weight excluding hydrogens is 522 g/mol.